The molecule has 0 aromatic carbocycles. The Morgan fingerprint density at radius 2 is 2.47 bits per heavy atom. The molecule has 0 fully saturated rings. The fourth-order valence-electron chi connectivity index (χ4n) is 1.39. The van der Waals surface area contributed by atoms with Gasteiger partial charge in [0, 0.05) is 21.2 Å². The van der Waals surface area contributed by atoms with Crippen molar-refractivity contribution >= 4 is 27.3 Å². The van der Waals surface area contributed by atoms with E-state index < -0.39 is 0 Å². The minimum absolute atomic E-state index is 0.0329. The molecule has 2 heterocycles. The summed E-state index contributed by atoms with van der Waals surface area (Å²) in [7, 11) is 0. The lowest BCUT2D eigenvalue weighted by molar-refractivity contribution is 0.417. The van der Waals surface area contributed by atoms with Crippen LogP contribution >= 0.6 is 27.3 Å². The minimum atomic E-state index is 0.0329. The second-order valence-corrected chi connectivity index (χ2v) is 5.08. The molecule has 0 amide bonds. The maximum absolute atomic E-state index is 5.50. The normalized spacial score (nSPS) is 12.9. The van der Waals surface area contributed by atoms with E-state index in [9.17, 15) is 0 Å². The average Bonchev–Trinajstić information content (AvgIpc) is 2.85. The van der Waals surface area contributed by atoms with Crippen LogP contribution in [0.1, 0.15) is 16.7 Å². The molecule has 0 aliphatic heterocycles. The smallest absolute Gasteiger partial charge is 0.122 e. The second kappa shape index (κ2) is 4.94. The topological polar surface area (TPSA) is 51.2 Å². The van der Waals surface area contributed by atoms with Gasteiger partial charge in [0.15, 0.2) is 0 Å². The molecule has 0 aliphatic rings. The van der Waals surface area contributed by atoms with Gasteiger partial charge >= 0.3 is 0 Å². The first-order chi connectivity index (χ1) is 7.29. The van der Waals surface area contributed by atoms with Crippen LogP contribution in [0, 0.1) is 0 Å². The van der Waals surface area contributed by atoms with E-state index in [1.54, 1.807) is 17.6 Å². The Labute approximate surface area is 100 Å². The van der Waals surface area contributed by atoms with Crippen molar-refractivity contribution in [3.63, 3.8) is 0 Å². The maximum Gasteiger partial charge on any atom is 0.122 e. The SMILES string of the molecule is NNC(Cc1cc(Br)cs1)c1ccco1. The summed E-state index contributed by atoms with van der Waals surface area (Å²) < 4.78 is 6.42. The number of halogens is 1. The molecule has 0 spiro atoms. The van der Waals surface area contributed by atoms with Crippen molar-refractivity contribution in [3.8, 4) is 0 Å². The predicted molar refractivity (Wildman–Crippen MR) is 64.5 cm³/mol. The van der Waals surface area contributed by atoms with Crippen molar-refractivity contribution in [1.82, 2.24) is 5.43 Å². The number of hydrazine groups is 1. The summed E-state index contributed by atoms with van der Waals surface area (Å²) in [5.41, 5.74) is 2.76. The third-order valence-corrected chi connectivity index (χ3v) is 3.83. The van der Waals surface area contributed by atoms with Crippen molar-refractivity contribution in [2.75, 3.05) is 0 Å². The van der Waals surface area contributed by atoms with E-state index in [0.717, 1.165) is 16.7 Å². The molecule has 0 saturated carbocycles. The van der Waals surface area contributed by atoms with Crippen LogP contribution in [-0.2, 0) is 6.42 Å². The lowest BCUT2D eigenvalue weighted by Gasteiger charge is -2.11. The van der Waals surface area contributed by atoms with E-state index in [1.165, 1.54) is 4.88 Å². The summed E-state index contributed by atoms with van der Waals surface area (Å²) in [6.45, 7) is 0. The summed E-state index contributed by atoms with van der Waals surface area (Å²) >= 11 is 5.13. The number of hydrogen-bond acceptors (Lipinski definition) is 4. The van der Waals surface area contributed by atoms with Crippen molar-refractivity contribution in [2.45, 2.75) is 12.5 Å². The molecule has 3 nitrogen and oxygen atoms in total. The number of thiophene rings is 1. The summed E-state index contributed by atoms with van der Waals surface area (Å²) in [4.78, 5) is 1.27. The fourth-order valence-corrected chi connectivity index (χ4v) is 2.89. The molecule has 2 aromatic heterocycles. The predicted octanol–water partition coefficient (Wildman–Crippen LogP) is 2.85. The lowest BCUT2D eigenvalue weighted by atomic mass is 10.1. The highest BCUT2D eigenvalue weighted by Crippen LogP contribution is 2.25. The van der Waals surface area contributed by atoms with Crippen molar-refractivity contribution in [3.05, 3.63) is 45.0 Å². The Morgan fingerprint density at radius 3 is 3.00 bits per heavy atom. The summed E-state index contributed by atoms with van der Waals surface area (Å²) in [5, 5.41) is 2.06. The molecule has 15 heavy (non-hydrogen) atoms. The van der Waals surface area contributed by atoms with Crippen molar-refractivity contribution in [2.24, 2.45) is 5.84 Å². The quantitative estimate of drug-likeness (QED) is 0.671. The Balaban J connectivity index is 2.09. The number of furan rings is 1. The average molecular weight is 287 g/mol. The Morgan fingerprint density at radius 1 is 1.60 bits per heavy atom. The zero-order valence-corrected chi connectivity index (χ0v) is 10.3. The standard InChI is InChI=1S/C10H11BrN2OS/c11-7-4-8(15-6-7)5-9(13-12)10-2-1-3-14-10/h1-4,6,9,13H,5,12H2. The molecule has 0 bridgehead atoms. The van der Waals surface area contributed by atoms with E-state index in [1.807, 2.05) is 12.1 Å². The van der Waals surface area contributed by atoms with Crippen LogP contribution in [0.15, 0.2) is 38.7 Å². The fraction of sp³-hybridized carbons (Fsp3) is 0.200. The number of hydrogen-bond donors (Lipinski definition) is 2. The molecule has 1 atom stereocenters. The third kappa shape index (κ3) is 2.69. The number of nitrogens with one attached hydrogen (secondary N) is 1. The Kier molecular flexibility index (Phi) is 3.58. The maximum atomic E-state index is 5.50. The molecule has 0 saturated heterocycles. The van der Waals surface area contributed by atoms with Crippen LogP contribution in [0.4, 0.5) is 0 Å². The van der Waals surface area contributed by atoms with Crippen LogP contribution in [0.2, 0.25) is 0 Å². The van der Waals surface area contributed by atoms with Gasteiger partial charge in [-0.25, -0.2) is 5.43 Å². The zero-order valence-electron chi connectivity index (χ0n) is 7.94. The molecule has 3 N–H and O–H groups in total. The summed E-state index contributed by atoms with van der Waals surface area (Å²) in [5.74, 6) is 6.36. The molecule has 2 aromatic rings. The summed E-state index contributed by atoms with van der Waals surface area (Å²) in [6.07, 6.45) is 2.49. The molecule has 2 rings (SSSR count). The van der Waals surface area contributed by atoms with Crippen LogP contribution < -0.4 is 11.3 Å². The first-order valence-corrected chi connectivity index (χ1v) is 6.19. The molecular weight excluding hydrogens is 276 g/mol. The first kappa shape index (κ1) is 10.9. The highest BCUT2D eigenvalue weighted by atomic mass is 79.9. The third-order valence-electron chi connectivity index (χ3n) is 2.11. The lowest BCUT2D eigenvalue weighted by Crippen LogP contribution is -2.29. The largest absolute Gasteiger partial charge is 0.468 e. The number of nitrogens with two attached hydrogens (primary N) is 1. The Hall–Kier alpha value is -0.620. The van der Waals surface area contributed by atoms with E-state index in [2.05, 4.69) is 32.8 Å². The minimum Gasteiger partial charge on any atom is -0.468 e. The van der Waals surface area contributed by atoms with Gasteiger partial charge in [0.05, 0.1) is 12.3 Å². The monoisotopic (exact) mass is 286 g/mol. The van der Waals surface area contributed by atoms with Gasteiger partial charge in [-0.05, 0) is 34.1 Å². The molecule has 1 unspecified atom stereocenters. The van der Waals surface area contributed by atoms with Gasteiger partial charge in [0.25, 0.3) is 0 Å². The zero-order chi connectivity index (χ0) is 10.7. The highest BCUT2D eigenvalue weighted by Gasteiger charge is 2.14. The van der Waals surface area contributed by atoms with Crippen LogP contribution in [-0.4, -0.2) is 0 Å². The van der Waals surface area contributed by atoms with E-state index >= 15 is 0 Å². The molecule has 0 aliphatic carbocycles. The van der Waals surface area contributed by atoms with Crippen LogP contribution in [0.25, 0.3) is 0 Å². The van der Waals surface area contributed by atoms with Crippen LogP contribution in [0.5, 0.6) is 0 Å². The first-order valence-electron chi connectivity index (χ1n) is 4.52. The molecular formula is C10H11BrN2OS. The van der Waals surface area contributed by atoms with Gasteiger partial charge in [0.2, 0.25) is 0 Å². The Bertz CT molecular complexity index is 413. The van der Waals surface area contributed by atoms with E-state index in [4.69, 9.17) is 10.3 Å². The van der Waals surface area contributed by atoms with Gasteiger partial charge in [0.1, 0.15) is 5.76 Å². The van der Waals surface area contributed by atoms with Crippen molar-refractivity contribution in [1.29, 1.82) is 0 Å². The molecule has 80 valence electrons. The van der Waals surface area contributed by atoms with Gasteiger partial charge in [-0.2, -0.15) is 0 Å². The van der Waals surface area contributed by atoms with Gasteiger partial charge in [-0.3, -0.25) is 5.84 Å². The van der Waals surface area contributed by atoms with Gasteiger partial charge in [-0.15, -0.1) is 11.3 Å². The van der Waals surface area contributed by atoms with Crippen molar-refractivity contribution < 1.29 is 4.42 Å². The second-order valence-electron chi connectivity index (χ2n) is 3.17. The van der Waals surface area contributed by atoms with Gasteiger partial charge < -0.3 is 4.42 Å². The summed E-state index contributed by atoms with van der Waals surface area (Å²) in [6, 6.07) is 5.92. The highest BCUT2D eigenvalue weighted by molar-refractivity contribution is 9.10. The van der Waals surface area contributed by atoms with Crippen LogP contribution in [0.3, 0.4) is 0 Å². The number of rotatable bonds is 4. The van der Waals surface area contributed by atoms with E-state index in [0.29, 0.717) is 0 Å². The molecule has 5 heteroatoms. The molecule has 0 radical (unpaired) electrons. The van der Waals surface area contributed by atoms with E-state index in [-0.39, 0.29) is 6.04 Å². The van der Waals surface area contributed by atoms with Gasteiger partial charge in [-0.1, -0.05) is 0 Å².